The highest BCUT2D eigenvalue weighted by molar-refractivity contribution is 7.89. The van der Waals surface area contributed by atoms with Gasteiger partial charge < -0.3 is 10.4 Å². The van der Waals surface area contributed by atoms with Gasteiger partial charge in [-0.15, -0.1) is 0 Å². The van der Waals surface area contributed by atoms with E-state index in [-0.39, 0.29) is 22.9 Å². The van der Waals surface area contributed by atoms with Crippen LogP contribution in [0, 0.1) is 5.92 Å². The van der Waals surface area contributed by atoms with Crippen LogP contribution in [-0.4, -0.2) is 38.0 Å². The molecule has 0 aromatic heterocycles. The molecule has 1 aromatic rings. The summed E-state index contributed by atoms with van der Waals surface area (Å²) in [5, 5.41) is 11.6. The van der Waals surface area contributed by atoms with Gasteiger partial charge >= 0.3 is 5.97 Å². The van der Waals surface area contributed by atoms with E-state index in [0.29, 0.717) is 6.42 Å². The summed E-state index contributed by atoms with van der Waals surface area (Å²) in [7, 11) is -3.58. The first-order chi connectivity index (χ1) is 10.7. The predicted molar refractivity (Wildman–Crippen MR) is 85.6 cm³/mol. The summed E-state index contributed by atoms with van der Waals surface area (Å²) < 4.78 is 26.0. The summed E-state index contributed by atoms with van der Waals surface area (Å²) in [5.74, 6) is -1.87. The van der Waals surface area contributed by atoms with Gasteiger partial charge in [-0.3, -0.25) is 4.79 Å². The second-order valence-electron chi connectivity index (χ2n) is 5.20. The Morgan fingerprint density at radius 2 is 1.74 bits per heavy atom. The monoisotopic (exact) mass is 342 g/mol. The molecule has 0 fully saturated rings. The summed E-state index contributed by atoms with van der Waals surface area (Å²) in [4.78, 5) is 23.4. The third-order valence-electron chi connectivity index (χ3n) is 3.53. The number of sulfonamides is 1. The van der Waals surface area contributed by atoms with Crippen molar-refractivity contribution in [3.63, 3.8) is 0 Å². The molecule has 2 atom stereocenters. The van der Waals surface area contributed by atoms with Crippen LogP contribution in [0.25, 0.3) is 0 Å². The highest BCUT2D eigenvalue weighted by Gasteiger charge is 2.25. The van der Waals surface area contributed by atoms with Crippen LogP contribution in [0.15, 0.2) is 29.2 Å². The van der Waals surface area contributed by atoms with Gasteiger partial charge in [0.1, 0.15) is 6.04 Å². The van der Waals surface area contributed by atoms with Crippen molar-refractivity contribution < 1.29 is 23.1 Å². The third-order valence-corrected chi connectivity index (χ3v) is 5.09. The highest BCUT2D eigenvalue weighted by atomic mass is 32.2. The molecule has 8 heteroatoms. The van der Waals surface area contributed by atoms with Gasteiger partial charge in [0.05, 0.1) is 4.90 Å². The lowest BCUT2D eigenvalue weighted by molar-refractivity contribution is -0.140. The van der Waals surface area contributed by atoms with Crippen molar-refractivity contribution in [2.24, 2.45) is 5.92 Å². The van der Waals surface area contributed by atoms with Crippen LogP contribution in [0.2, 0.25) is 0 Å². The molecule has 7 nitrogen and oxygen atoms in total. The lowest BCUT2D eigenvalue weighted by Gasteiger charge is -2.20. The predicted octanol–water partition coefficient (Wildman–Crippen LogP) is 1.21. The second kappa shape index (κ2) is 8.07. The van der Waals surface area contributed by atoms with E-state index in [1.807, 2.05) is 6.92 Å². The normalized spacial score (nSPS) is 14.0. The summed E-state index contributed by atoms with van der Waals surface area (Å²) in [5.41, 5.74) is 0.204. The summed E-state index contributed by atoms with van der Waals surface area (Å²) in [6.07, 6.45) is 0.608. The topological polar surface area (TPSA) is 113 Å². The Labute approximate surface area is 136 Å². The molecule has 1 rings (SSSR count). The minimum Gasteiger partial charge on any atom is -0.480 e. The largest absolute Gasteiger partial charge is 0.480 e. The van der Waals surface area contributed by atoms with Crippen LogP contribution >= 0.6 is 0 Å². The Kier molecular flexibility index (Phi) is 6.71. The minimum atomic E-state index is -3.58. The molecule has 0 aliphatic rings. The van der Waals surface area contributed by atoms with E-state index in [4.69, 9.17) is 0 Å². The number of rotatable bonds is 8. The molecule has 23 heavy (non-hydrogen) atoms. The molecule has 1 amide bonds. The Hall–Kier alpha value is -1.93. The SMILES string of the molecule is CCNS(=O)(=O)c1ccc(C(=O)N[C@H](C(=O)O)[C@@H](C)CC)cc1. The molecule has 0 saturated carbocycles. The Balaban J connectivity index is 2.91. The van der Waals surface area contributed by atoms with Crippen LogP contribution in [-0.2, 0) is 14.8 Å². The number of carboxylic acids is 1. The maximum absolute atomic E-state index is 12.1. The fourth-order valence-corrected chi connectivity index (χ4v) is 3.01. The van der Waals surface area contributed by atoms with Crippen LogP contribution < -0.4 is 10.0 Å². The number of amides is 1. The lowest BCUT2D eigenvalue weighted by atomic mass is 9.99. The number of nitrogens with one attached hydrogen (secondary N) is 2. The standard InChI is InChI=1S/C15H22N2O5S/c1-4-10(3)13(15(19)20)17-14(18)11-6-8-12(9-7-11)23(21,22)16-5-2/h6-10,13,16H,4-5H2,1-3H3,(H,17,18)(H,19,20)/t10-,13-/m0/s1. The first kappa shape index (κ1) is 19.1. The number of benzene rings is 1. The molecule has 0 aliphatic heterocycles. The third kappa shape index (κ3) is 5.04. The van der Waals surface area contributed by atoms with E-state index in [2.05, 4.69) is 10.0 Å². The molecular formula is C15H22N2O5S. The van der Waals surface area contributed by atoms with Crippen molar-refractivity contribution in [2.75, 3.05) is 6.54 Å². The summed E-state index contributed by atoms with van der Waals surface area (Å²) in [6.45, 7) is 5.51. The van der Waals surface area contributed by atoms with Gasteiger partial charge in [-0.1, -0.05) is 27.2 Å². The van der Waals surface area contributed by atoms with E-state index in [1.54, 1.807) is 13.8 Å². The summed E-state index contributed by atoms with van der Waals surface area (Å²) in [6, 6.07) is 4.35. The van der Waals surface area contributed by atoms with Gasteiger partial charge in [0.2, 0.25) is 10.0 Å². The molecule has 0 bridgehead atoms. The van der Waals surface area contributed by atoms with E-state index in [0.717, 1.165) is 0 Å². The quantitative estimate of drug-likeness (QED) is 0.657. The van der Waals surface area contributed by atoms with Gasteiger partial charge in [0.15, 0.2) is 0 Å². The van der Waals surface area contributed by atoms with Crippen molar-refractivity contribution in [1.82, 2.24) is 10.0 Å². The van der Waals surface area contributed by atoms with E-state index < -0.39 is 27.9 Å². The number of aliphatic carboxylic acids is 1. The van der Waals surface area contributed by atoms with Crippen molar-refractivity contribution >= 4 is 21.9 Å². The maximum atomic E-state index is 12.1. The molecule has 0 aliphatic carbocycles. The van der Waals surface area contributed by atoms with Gasteiger partial charge in [-0.25, -0.2) is 17.9 Å². The average Bonchev–Trinajstić information content (AvgIpc) is 2.51. The Bertz CT molecular complexity index is 655. The molecule has 0 heterocycles. The fraction of sp³-hybridized carbons (Fsp3) is 0.467. The maximum Gasteiger partial charge on any atom is 0.326 e. The Morgan fingerprint density at radius 1 is 1.17 bits per heavy atom. The molecule has 0 radical (unpaired) electrons. The van der Waals surface area contributed by atoms with Crippen LogP contribution in [0.3, 0.4) is 0 Å². The average molecular weight is 342 g/mol. The van der Waals surface area contributed by atoms with Gasteiger partial charge in [0, 0.05) is 12.1 Å². The number of carbonyl (C=O) groups excluding carboxylic acids is 1. The molecule has 0 spiro atoms. The Morgan fingerprint density at radius 3 is 2.17 bits per heavy atom. The number of hydrogen-bond acceptors (Lipinski definition) is 4. The zero-order valence-electron chi connectivity index (χ0n) is 13.4. The van der Waals surface area contributed by atoms with E-state index in [9.17, 15) is 23.1 Å². The van der Waals surface area contributed by atoms with Gasteiger partial charge in [0.25, 0.3) is 5.91 Å². The van der Waals surface area contributed by atoms with Crippen LogP contribution in [0.4, 0.5) is 0 Å². The molecule has 0 unspecified atom stereocenters. The molecule has 128 valence electrons. The highest BCUT2D eigenvalue weighted by Crippen LogP contribution is 2.12. The summed E-state index contributed by atoms with van der Waals surface area (Å²) >= 11 is 0. The van der Waals surface area contributed by atoms with Crippen molar-refractivity contribution in [3.05, 3.63) is 29.8 Å². The molecular weight excluding hydrogens is 320 g/mol. The van der Waals surface area contributed by atoms with Gasteiger partial charge in [-0.05, 0) is 30.2 Å². The van der Waals surface area contributed by atoms with Crippen molar-refractivity contribution in [1.29, 1.82) is 0 Å². The second-order valence-corrected chi connectivity index (χ2v) is 6.97. The van der Waals surface area contributed by atoms with E-state index in [1.165, 1.54) is 24.3 Å². The fourth-order valence-electron chi connectivity index (χ4n) is 1.97. The van der Waals surface area contributed by atoms with Crippen molar-refractivity contribution in [3.8, 4) is 0 Å². The van der Waals surface area contributed by atoms with Crippen LogP contribution in [0.1, 0.15) is 37.6 Å². The number of carbonyl (C=O) groups is 2. The molecule has 1 aromatic carbocycles. The first-order valence-corrected chi connectivity index (χ1v) is 8.84. The number of hydrogen-bond donors (Lipinski definition) is 3. The van der Waals surface area contributed by atoms with Crippen LogP contribution in [0.5, 0.6) is 0 Å². The zero-order chi connectivity index (χ0) is 17.6. The molecule has 3 N–H and O–H groups in total. The smallest absolute Gasteiger partial charge is 0.326 e. The zero-order valence-corrected chi connectivity index (χ0v) is 14.2. The van der Waals surface area contributed by atoms with E-state index >= 15 is 0 Å². The lowest BCUT2D eigenvalue weighted by Crippen LogP contribution is -2.45. The van der Waals surface area contributed by atoms with Crippen molar-refractivity contribution in [2.45, 2.75) is 38.1 Å². The minimum absolute atomic E-state index is 0.0487. The van der Waals surface area contributed by atoms with Gasteiger partial charge in [-0.2, -0.15) is 0 Å². The number of carboxylic acid groups (broad SMARTS) is 1. The molecule has 0 saturated heterocycles. The first-order valence-electron chi connectivity index (χ1n) is 7.36.